The van der Waals surface area contributed by atoms with E-state index in [9.17, 15) is 4.79 Å². The van der Waals surface area contributed by atoms with Crippen LogP contribution in [0.25, 0.3) is 0 Å². The summed E-state index contributed by atoms with van der Waals surface area (Å²) >= 11 is 11.0. The van der Waals surface area contributed by atoms with Crippen LogP contribution in [-0.4, -0.2) is 31.5 Å². The van der Waals surface area contributed by atoms with Crippen LogP contribution in [0.1, 0.15) is 12.0 Å². The lowest BCUT2D eigenvalue weighted by atomic mass is 10.2. The number of carbonyl (C=O) groups is 1. The van der Waals surface area contributed by atoms with Crippen molar-refractivity contribution in [2.75, 3.05) is 25.5 Å². The molecule has 18 heavy (non-hydrogen) atoms. The van der Waals surface area contributed by atoms with E-state index in [2.05, 4.69) is 5.32 Å². The largest absolute Gasteiger partial charge is 0.389 e. The second kappa shape index (κ2) is 6.56. The third-order valence-corrected chi connectivity index (χ3v) is 3.13. The Labute approximate surface area is 117 Å². The summed E-state index contributed by atoms with van der Waals surface area (Å²) < 4.78 is 0. The van der Waals surface area contributed by atoms with Crippen LogP contribution in [-0.2, 0) is 4.79 Å². The molecule has 0 fully saturated rings. The maximum Gasteiger partial charge on any atom is 0.221 e. The molecule has 0 unspecified atom stereocenters. The molecule has 0 aliphatic carbocycles. The van der Waals surface area contributed by atoms with Gasteiger partial charge in [0, 0.05) is 32.6 Å². The van der Waals surface area contributed by atoms with Crippen LogP contribution >= 0.6 is 23.8 Å². The van der Waals surface area contributed by atoms with Crippen molar-refractivity contribution in [3.05, 3.63) is 28.8 Å². The van der Waals surface area contributed by atoms with E-state index in [1.807, 2.05) is 24.1 Å². The number of nitrogens with one attached hydrogen (secondary N) is 1. The van der Waals surface area contributed by atoms with Crippen LogP contribution in [0, 0.1) is 0 Å². The molecule has 1 rings (SSSR count). The second-order valence-corrected chi connectivity index (χ2v) is 4.72. The van der Waals surface area contributed by atoms with Crippen LogP contribution in [0.3, 0.4) is 0 Å². The molecule has 1 aromatic rings. The lowest BCUT2D eigenvalue weighted by molar-refractivity contribution is -0.120. The zero-order chi connectivity index (χ0) is 13.7. The van der Waals surface area contributed by atoms with Crippen LogP contribution < -0.4 is 16.0 Å². The molecule has 0 saturated heterocycles. The zero-order valence-corrected chi connectivity index (χ0v) is 11.9. The van der Waals surface area contributed by atoms with Crippen LogP contribution in [0.2, 0.25) is 5.02 Å². The molecule has 3 N–H and O–H groups in total. The fraction of sp³-hybridized carbons (Fsp3) is 0.333. The third kappa shape index (κ3) is 3.85. The number of nitrogens with zero attached hydrogens (tertiary/aromatic N) is 1. The molecule has 6 heteroatoms. The molecule has 0 spiro atoms. The maximum absolute atomic E-state index is 11.2. The first-order valence-electron chi connectivity index (χ1n) is 5.46. The van der Waals surface area contributed by atoms with Gasteiger partial charge in [0.2, 0.25) is 5.91 Å². The molecule has 1 aromatic carbocycles. The summed E-state index contributed by atoms with van der Waals surface area (Å²) in [6.07, 6.45) is 0.417. The highest BCUT2D eigenvalue weighted by Gasteiger charge is 2.09. The first-order chi connectivity index (χ1) is 8.45. The molecule has 0 saturated carbocycles. The first-order valence-corrected chi connectivity index (χ1v) is 6.25. The normalized spacial score (nSPS) is 9.94. The summed E-state index contributed by atoms with van der Waals surface area (Å²) in [6, 6.07) is 5.40. The predicted octanol–water partition coefficient (Wildman–Crippen LogP) is 1.55. The molecular formula is C12H16ClN3OS. The molecule has 0 aromatic heterocycles. The number of carbonyl (C=O) groups excluding carboxylic acids is 1. The Morgan fingerprint density at radius 3 is 2.72 bits per heavy atom. The molecule has 0 heterocycles. The predicted molar refractivity (Wildman–Crippen MR) is 79.3 cm³/mol. The fourth-order valence-corrected chi connectivity index (χ4v) is 1.94. The monoisotopic (exact) mass is 285 g/mol. The number of nitrogens with two attached hydrogens (primary N) is 1. The Balaban J connectivity index is 2.77. The number of hydrogen-bond donors (Lipinski definition) is 2. The number of hydrogen-bond acceptors (Lipinski definition) is 3. The third-order valence-electron chi connectivity index (χ3n) is 2.60. The van der Waals surface area contributed by atoms with Crippen LogP contribution in [0.5, 0.6) is 0 Å². The van der Waals surface area contributed by atoms with E-state index < -0.39 is 0 Å². The summed E-state index contributed by atoms with van der Waals surface area (Å²) in [5, 5.41) is 3.15. The Morgan fingerprint density at radius 2 is 2.22 bits per heavy atom. The smallest absolute Gasteiger partial charge is 0.221 e. The molecule has 0 atom stereocenters. The number of rotatable bonds is 5. The van der Waals surface area contributed by atoms with Crippen molar-refractivity contribution >= 4 is 40.4 Å². The number of anilines is 1. The number of benzene rings is 1. The Kier molecular flexibility index (Phi) is 5.37. The van der Waals surface area contributed by atoms with Gasteiger partial charge in [0.1, 0.15) is 4.99 Å². The van der Waals surface area contributed by atoms with E-state index in [4.69, 9.17) is 29.6 Å². The van der Waals surface area contributed by atoms with Crippen molar-refractivity contribution in [2.45, 2.75) is 6.42 Å². The van der Waals surface area contributed by atoms with E-state index in [1.54, 1.807) is 13.1 Å². The number of amides is 1. The van der Waals surface area contributed by atoms with Gasteiger partial charge in [-0.3, -0.25) is 4.79 Å². The van der Waals surface area contributed by atoms with Gasteiger partial charge in [0.15, 0.2) is 0 Å². The van der Waals surface area contributed by atoms with Crippen molar-refractivity contribution in [1.82, 2.24) is 5.32 Å². The number of thiocarbonyl (C=S) groups is 1. The molecular weight excluding hydrogens is 270 g/mol. The fourth-order valence-electron chi connectivity index (χ4n) is 1.48. The lowest BCUT2D eigenvalue weighted by Crippen LogP contribution is -2.26. The summed E-state index contributed by atoms with van der Waals surface area (Å²) in [5.41, 5.74) is 7.11. The highest BCUT2D eigenvalue weighted by atomic mass is 35.5. The van der Waals surface area contributed by atoms with E-state index in [1.165, 1.54) is 0 Å². The summed E-state index contributed by atoms with van der Waals surface area (Å²) in [4.78, 5) is 13.4. The molecule has 0 aliphatic heterocycles. The van der Waals surface area contributed by atoms with E-state index in [-0.39, 0.29) is 5.91 Å². The van der Waals surface area contributed by atoms with Gasteiger partial charge in [0.25, 0.3) is 0 Å². The first kappa shape index (κ1) is 14.7. The van der Waals surface area contributed by atoms with Gasteiger partial charge in [-0.15, -0.1) is 0 Å². The maximum atomic E-state index is 11.2. The standard InChI is InChI=1S/C12H16ClN3OS/c1-15-11(17)5-6-16(2)10-4-3-8(12(14)18)7-9(10)13/h3-4,7H,5-6H2,1-2H3,(H2,14,18)(H,15,17). The van der Waals surface area contributed by atoms with E-state index in [0.717, 1.165) is 11.3 Å². The molecule has 0 radical (unpaired) electrons. The molecule has 98 valence electrons. The molecule has 4 nitrogen and oxygen atoms in total. The topological polar surface area (TPSA) is 58.4 Å². The van der Waals surface area contributed by atoms with Crippen molar-refractivity contribution in [3.63, 3.8) is 0 Å². The minimum Gasteiger partial charge on any atom is -0.389 e. The lowest BCUT2D eigenvalue weighted by Gasteiger charge is -2.20. The van der Waals surface area contributed by atoms with Crippen LogP contribution in [0.4, 0.5) is 5.69 Å². The summed E-state index contributed by atoms with van der Waals surface area (Å²) in [5.74, 6) is -0.00210. The van der Waals surface area contributed by atoms with Crippen molar-refractivity contribution in [1.29, 1.82) is 0 Å². The minimum absolute atomic E-state index is 0.00210. The van der Waals surface area contributed by atoms with E-state index >= 15 is 0 Å². The average molecular weight is 286 g/mol. The minimum atomic E-state index is -0.00210. The van der Waals surface area contributed by atoms with Crippen molar-refractivity contribution in [3.8, 4) is 0 Å². The molecule has 0 aliphatic rings. The van der Waals surface area contributed by atoms with Crippen LogP contribution in [0.15, 0.2) is 18.2 Å². The van der Waals surface area contributed by atoms with Crippen molar-refractivity contribution in [2.24, 2.45) is 5.73 Å². The second-order valence-electron chi connectivity index (χ2n) is 3.88. The Hall–Kier alpha value is -1.33. The van der Waals surface area contributed by atoms with Gasteiger partial charge in [0.05, 0.1) is 10.7 Å². The average Bonchev–Trinajstić information content (AvgIpc) is 2.35. The van der Waals surface area contributed by atoms with Gasteiger partial charge in [-0.05, 0) is 18.2 Å². The van der Waals surface area contributed by atoms with Gasteiger partial charge in [-0.2, -0.15) is 0 Å². The summed E-state index contributed by atoms with van der Waals surface area (Å²) in [6.45, 7) is 0.589. The van der Waals surface area contributed by atoms with Gasteiger partial charge >= 0.3 is 0 Å². The molecule has 0 bridgehead atoms. The number of halogens is 1. The van der Waals surface area contributed by atoms with Gasteiger partial charge < -0.3 is 16.0 Å². The quantitative estimate of drug-likeness (QED) is 0.806. The van der Waals surface area contributed by atoms with Gasteiger partial charge in [-0.1, -0.05) is 23.8 Å². The molecule has 1 amide bonds. The SMILES string of the molecule is CNC(=O)CCN(C)c1ccc(C(N)=S)cc1Cl. The summed E-state index contributed by atoms with van der Waals surface area (Å²) in [7, 11) is 3.50. The van der Waals surface area contributed by atoms with Crippen molar-refractivity contribution < 1.29 is 4.79 Å². The Morgan fingerprint density at radius 1 is 1.56 bits per heavy atom. The zero-order valence-electron chi connectivity index (χ0n) is 10.4. The Bertz CT molecular complexity index is 465. The highest BCUT2D eigenvalue weighted by Crippen LogP contribution is 2.26. The van der Waals surface area contributed by atoms with E-state index in [0.29, 0.717) is 23.0 Å². The van der Waals surface area contributed by atoms with Gasteiger partial charge in [-0.25, -0.2) is 0 Å². The highest BCUT2D eigenvalue weighted by molar-refractivity contribution is 7.80.